The van der Waals surface area contributed by atoms with Crippen molar-refractivity contribution in [2.24, 2.45) is 5.92 Å². The van der Waals surface area contributed by atoms with Crippen LogP contribution >= 0.6 is 12.6 Å². The van der Waals surface area contributed by atoms with Crippen LogP contribution in [-0.4, -0.2) is 35.4 Å². The highest BCUT2D eigenvalue weighted by Gasteiger charge is 2.13. The third-order valence-electron chi connectivity index (χ3n) is 4.65. The standard InChI is InChI=1S/C21H23N7S/c1-14(2)11-20-22-19(13-29)25-28(20)12-15-7-9-16(10-8-15)17-5-3-4-6-18(17)21-23-26-27-24-21/h3-10,14,29H,11-13H2,1-2H3,(H,23,24,26,27). The normalized spacial score (nSPS) is 11.3. The molecule has 1 N–H and O–H groups in total. The Kier molecular flexibility index (Phi) is 5.71. The molecular formula is C21H23N7S. The van der Waals surface area contributed by atoms with E-state index in [0.29, 0.717) is 24.0 Å². The first-order chi connectivity index (χ1) is 14.1. The molecule has 0 saturated heterocycles. The maximum absolute atomic E-state index is 4.62. The second-order valence-electron chi connectivity index (χ2n) is 7.35. The molecule has 7 nitrogen and oxygen atoms in total. The average Bonchev–Trinajstić information content (AvgIpc) is 3.39. The molecule has 0 bridgehead atoms. The fourth-order valence-corrected chi connectivity index (χ4v) is 3.45. The van der Waals surface area contributed by atoms with Gasteiger partial charge in [-0.15, -0.1) is 5.10 Å². The Balaban J connectivity index is 1.60. The van der Waals surface area contributed by atoms with Crippen molar-refractivity contribution >= 4 is 12.6 Å². The van der Waals surface area contributed by atoms with Gasteiger partial charge in [0.1, 0.15) is 5.82 Å². The van der Waals surface area contributed by atoms with E-state index in [9.17, 15) is 0 Å². The van der Waals surface area contributed by atoms with Crippen molar-refractivity contribution in [3.8, 4) is 22.5 Å². The SMILES string of the molecule is CC(C)Cc1nc(CS)nn1Cc1ccc(-c2ccccc2-c2nnn[nH]2)cc1. The van der Waals surface area contributed by atoms with E-state index in [0.717, 1.165) is 34.8 Å². The molecule has 0 aliphatic rings. The second kappa shape index (κ2) is 8.57. The van der Waals surface area contributed by atoms with E-state index in [1.54, 1.807) is 0 Å². The van der Waals surface area contributed by atoms with Crippen molar-refractivity contribution in [3.05, 3.63) is 65.7 Å². The molecule has 0 amide bonds. The lowest BCUT2D eigenvalue weighted by molar-refractivity contribution is 0.563. The van der Waals surface area contributed by atoms with Gasteiger partial charge in [0.2, 0.25) is 0 Å². The molecular weight excluding hydrogens is 382 g/mol. The first kappa shape index (κ1) is 19.3. The number of benzene rings is 2. The van der Waals surface area contributed by atoms with E-state index in [1.807, 2.05) is 22.9 Å². The summed E-state index contributed by atoms with van der Waals surface area (Å²) in [5.74, 6) is 3.51. The minimum absolute atomic E-state index is 0.523. The minimum atomic E-state index is 0.523. The highest BCUT2D eigenvalue weighted by molar-refractivity contribution is 7.79. The summed E-state index contributed by atoms with van der Waals surface area (Å²) in [7, 11) is 0. The lowest BCUT2D eigenvalue weighted by Crippen LogP contribution is -2.09. The lowest BCUT2D eigenvalue weighted by atomic mass is 9.98. The molecule has 0 spiro atoms. The highest BCUT2D eigenvalue weighted by atomic mass is 32.1. The molecule has 2 aromatic carbocycles. The first-order valence-corrected chi connectivity index (χ1v) is 10.2. The van der Waals surface area contributed by atoms with Gasteiger partial charge in [0, 0.05) is 12.0 Å². The Morgan fingerprint density at radius 2 is 1.79 bits per heavy atom. The van der Waals surface area contributed by atoms with Crippen LogP contribution in [0.3, 0.4) is 0 Å². The zero-order valence-electron chi connectivity index (χ0n) is 16.4. The predicted octanol–water partition coefficient (Wildman–Crippen LogP) is 3.80. The van der Waals surface area contributed by atoms with E-state index in [1.165, 1.54) is 5.56 Å². The van der Waals surface area contributed by atoms with E-state index in [-0.39, 0.29) is 0 Å². The monoisotopic (exact) mass is 405 g/mol. The summed E-state index contributed by atoms with van der Waals surface area (Å²) in [4.78, 5) is 4.62. The van der Waals surface area contributed by atoms with Crippen molar-refractivity contribution in [1.29, 1.82) is 0 Å². The molecule has 0 aliphatic heterocycles. The Labute approximate surface area is 175 Å². The number of thiol groups is 1. The van der Waals surface area contributed by atoms with Gasteiger partial charge in [-0.05, 0) is 33.0 Å². The van der Waals surface area contributed by atoms with E-state index in [2.05, 4.69) is 87.5 Å². The molecule has 0 fully saturated rings. The molecule has 148 valence electrons. The van der Waals surface area contributed by atoms with Crippen LogP contribution in [0.5, 0.6) is 0 Å². The van der Waals surface area contributed by atoms with Gasteiger partial charge in [-0.2, -0.15) is 17.7 Å². The largest absolute Gasteiger partial charge is 0.245 e. The summed E-state index contributed by atoms with van der Waals surface area (Å²) in [5, 5.41) is 18.9. The molecule has 4 rings (SSSR count). The topological polar surface area (TPSA) is 85.2 Å². The summed E-state index contributed by atoms with van der Waals surface area (Å²) in [6.07, 6.45) is 0.900. The third kappa shape index (κ3) is 4.37. The lowest BCUT2D eigenvalue weighted by Gasteiger charge is -2.10. The van der Waals surface area contributed by atoms with Crippen molar-refractivity contribution in [2.75, 3.05) is 0 Å². The van der Waals surface area contributed by atoms with E-state index >= 15 is 0 Å². The van der Waals surface area contributed by atoms with Crippen molar-refractivity contribution < 1.29 is 0 Å². The van der Waals surface area contributed by atoms with Gasteiger partial charge in [-0.3, -0.25) is 0 Å². The molecule has 4 aromatic rings. The molecule has 2 heterocycles. The summed E-state index contributed by atoms with van der Waals surface area (Å²) < 4.78 is 1.99. The molecule has 0 aliphatic carbocycles. The summed E-state index contributed by atoms with van der Waals surface area (Å²) in [6.45, 7) is 5.07. The number of nitrogens with one attached hydrogen (secondary N) is 1. The van der Waals surface area contributed by atoms with Gasteiger partial charge in [-0.1, -0.05) is 62.4 Å². The Morgan fingerprint density at radius 1 is 1.03 bits per heavy atom. The summed E-state index contributed by atoms with van der Waals surface area (Å²) >= 11 is 4.32. The van der Waals surface area contributed by atoms with Gasteiger partial charge in [0.05, 0.1) is 12.3 Å². The summed E-state index contributed by atoms with van der Waals surface area (Å²) in [6, 6.07) is 16.6. The van der Waals surface area contributed by atoms with Crippen molar-refractivity contribution in [3.63, 3.8) is 0 Å². The summed E-state index contributed by atoms with van der Waals surface area (Å²) in [5.41, 5.74) is 4.33. The zero-order chi connectivity index (χ0) is 20.2. The predicted molar refractivity (Wildman–Crippen MR) is 115 cm³/mol. The van der Waals surface area contributed by atoms with Gasteiger partial charge in [0.15, 0.2) is 11.6 Å². The van der Waals surface area contributed by atoms with Crippen LogP contribution in [0.2, 0.25) is 0 Å². The van der Waals surface area contributed by atoms with Crippen LogP contribution in [-0.2, 0) is 18.7 Å². The number of nitrogens with zero attached hydrogens (tertiary/aromatic N) is 6. The smallest absolute Gasteiger partial charge is 0.180 e. The Morgan fingerprint density at radius 3 is 2.45 bits per heavy atom. The van der Waals surface area contributed by atoms with Crippen LogP contribution < -0.4 is 0 Å². The molecule has 0 radical (unpaired) electrons. The van der Waals surface area contributed by atoms with Crippen molar-refractivity contribution in [1.82, 2.24) is 35.4 Å². The maximum Gasteiger partial charge on any atom is 0.180 e. The fourth-order valence-electron chi connectivity index (χ4n) is 3.31. The van der Waals surface area contributed by atoms with E-state index in [4.69, 9.17) is 0 Å². The zero-order valence-corrected chi connectivity index (χ0v) is 17.3. The van der Waals surface area contributed by atoms with Gasteiger partial charge in [-0.25, -0.2) is 14.8 Å². The van der Waals surface area contributed by atoms with Crippen LogP contribution in [0.25, 0.3) is 22.5 Å². The van der Waals surface area contributed by atoms with Gasteiger partial charge < -0.3 is 0 Å². The fraction of sp³-hybridized carbons (Fsp3) is 0.286. The van der Waals surface area contributed by atoms with Crippen molar-refractivity contribution in [2.45, 2.75) is 32.6 Å². The van der Waals surface area contributed by atoms with E-state index < -0.39 is 0 Å². The average molecular weight is 406 g/mol. The number of rotatable bonds is 7. The molecule has 0 unspecified atom stereocenters. The van der Waals surface area contributed by atoms with Crippen LogP contribution in [0.15, 0.2) is 48.5 Å². The number of aromatic amines is 1. The number of aromatic nitrogens is 7. The Bertz CT molecular complexity index is 1070. The van der Waals surface area contributed by atoms with Crippen LogP contribution in [0.1, 0.15) is 31.1 Å². The molecule has 0 atom stereocenters. The number of hydrogen-bond donors (Lipinski definition) is 2. The minimum Gasteiger partial charge on any atom is -0.245 e. The third-order valence-corrected chi connectivity index (χ3v) is 4.93. The molecule has 0 saturated carbocycles. The number of H-pyrrole nitrogens is 1. The molecule has 2 aromatic heterocycles. The second-order valence-corrected chi connectivity index (χ2v) is 7.67. The quantitative estimate of drug-likeness (QED) is 0.457. The Hall–Kier alpha value is -3.00. The van der Waals surface area contributed by atoms with Gasteiger partial charge in [0.25, 0.3) is 0 Å². The molecule has 8 heteroatoms. The van der Waals surface area contributed by atoms with Crippen LogP contribution in [0, 0.1) is 5.92 Å². The first-order valence-electron chi connectivity index (χ1n) is 9.60. The van der Waals surface area contributed by atoms with Gasteiger partial charge >= 0.3 is 0 Å². The maximum atomic E-state index is 4.62. The number of tetrazole rings is 1. The highest BCUT2D eigenvalue weighted by Crippen LogP contribution is 2.29. The van der Waals surface area contributed by atoms with Crippen LogP contribution in [0.4, 0.5) is 0 Å². The number of hydrogen-bond acceptors (Lipinski definition) is 6. The molecule has 29 heavy (non-hydrogen) atoms.